The molecule has 0 spiro atoms. The molecule has 1 N–H and O–H groups in total. The van der Waals surface area contributed by atoms with E-state index < -0.39 is 5.63 Å². The maximum atomic E-state index is 12.8. The summed E-state index contributed by atoms with van der Waals surface area (Å²) in [4.78, 5) is 25.1. The quantitative estimate of drug-likeness (QED) is 0.517. The zero-order valence-electron chi connectivity index (χ0n) is 16.6. The van der Waals surface area contributed by atoms with Gasteiger partial charge in [0.2, 0.25) is 5.91 Å². The minimum Gasteiger partial charge on any atom is -0.422 e. The number of fused-ring (bicyclic) bond motifs is 3. The zero-order chi connectivity index (χ0) is 20.6. The molecule has 1 aliphatic rings. The molecule has 0 aliphatic heterocycles. The number of carbonyl (C=O) groups is 1. The van der Waals surface area contributed by atoms with Gasteiger partial charge in [0.05, 0.1) is 11.7 Å². The van der Waals surface area contributed by atoms with E-state index in [2.05, 4.69) is 34.7 Å². The van der Waals surface area contributed by atoms with Crippen molar-refractivity contribution in [3.63, 3.8) is 0 Å². The Morgan fingerprint density at radius 2 is 1.77 bits per heavy atom. The molecule has 2 heterocycles. The van der Waals surface area contributed by atoms with Crippen LogP contribution in [0.2, 0.25) is 0 Å². The van der Waals surface area contributed by atoms with E-state index in [1.54, 1.807) is 10.7 Å². The lowest BCUT2D eigenvalue weighted by atomic mass is 9.79. The molecule has 30 heavy (non-hydrogen) atoms. The van der Waals surface area contributed by atoms with Crippen LogP contribution in [-0.4, -0.2) is 22.2 Å². The Morgan fingerprint density at radius 1 is 1.03 bits per heavy atom. The zero-order valence-corrected chi connectivity index (χ0v) is 16.6. The van der Waals surface area contributed by atoms with Gasteiger partial charge in [0.15, 0.2) is 0 Å². The van der Waals surface area contributed by atoms with Crippen LogP contribution in [0.3, 0.4) is 0 Å². The van der Waals surface area contributed by atoms with Gasteiger partial charge in [-0.1, -0.05) is 55.3 Å². The molecule has 0 radical (unpaired) electrons. The van der Waals surface area contributed by atoms with E-state index in [1.807, 2.05) is 24.3 Å². The average molecular weight is 401 g/mol. The van der Waals surface area contributed by atoms with Crippen LogP contribution in [0.5, 0.6) is 0 Å². The molecule has 1 aliphatic carbocycles. The van der Waals surface area contributed by atoms with E-state index in [-0.39, 0.29) is 17.9 Å². The summed E-state index contributed by atoms with van der Waals surface area (Å²) in [6.07, 6.45) is 5.98. The highest BCUT2D eigenvalue weighted by molar-refractivity contribution is 6.02. The molecule has 0 saturated heterocycles. The van der Waals surface area contributed by atoms with Crippen molar-refractivity contribution in [2.45, 2.75) is 37.6 Å². The molecule has 2 aromatic heterocycles. The van der Waals surface area contributed by atoms with Gasteiger partial charge in [-0.05, 0) is 30.5 Å². The van der Waals surface area contributed by atoms with Gasteiger partial charge < -0.3 is 9.73 Å². The highest BCUT2D eigenvalue weighted by Gasteiger charge is 2.35. The second-order valence-electron chi connectivity index (χ2n) is 8.08. The van der Waals surface area contributed by atoms with Crippen molar-refractivity contribution in [2.75, 3.05) is 6.54 Å². The van der Waals surface area contributed by atoms with Crippen molar-refractivity contribution in [1.29, 1.82) is 0 Å². The van der Waals surface area contributed by atoms with Crippen molar-refractivity contribution in [3.05, 3.63) is 76.8 Å². The van der Waals surface area contributed by atoms with Gasteiger partial charge in [0.25, 0.3) is 0 Å². The molecule has 5 rings (SSSR count). The summed E-state index contributed by atoms with van der Waals surface area (Å²) in [6.45, 7) is 0.666. The van der Waals surface area contributed by atoms with E-state index in [1.165, 1.54) is 24.6 Å². The molecule has 1 saturated carbocycles. The van der Waals surface area contributed by atoms with Gasteiger partial charge in [-0.2, -0.15) is 5.10 Å². The Morgan fingerprint density at radius 3 is 2.57 bits per heavy atom. The molecular formula is C24H23N3O3. The van der Waals surface area contributed by atoms with Gasteiger partial charge >= 0.3 is 5.63 Å². The van der Waals surface area contributed by atoms with Crippen LogP contribution in [0.4, 0.5) is 0 Å². The summed E-state index contributed by atoms with van der Waals surface area (Å²) >= 11 is 0. The molecule has 6 heteroatoms. The summed E-state index contributed by atoms with van der Waals surface area (Å²) < 4.78 is 6.95. The summed E-state index contributed by atoms with van der Waals surface area (Å²) in [5.41, 5.74) is 1.97. The van der Waals surface area contributed by atoms with Crippen molar-refractivity contribution in [2.24, 2.45) is 0 Å². The van der Waals surface area contributed by atoms with Crippen molar-refractivity contribution >= 4 is 27.8 Å². The van der Waals surface area contributed by atoms with Crippen LogP contribution in [0.15, 0.2) is 70.0 Å². The van der Waals surface area contributed by atoms with Gasteiger partial charge in [0, 0.05) is 17.3 Å². The first-order chi connectivity index (χ1) is 14.7. The molecule has 6 nitrogen and oxygen atoms in total. The van der Waals surface area contributed by atoms with Crippen molar-refractivity contribution in [3.8, 4) is 0 Å². The second-order valence-corrected chi connectivity index (χ2v) is 8.08. The Balaban J connectivity index is 1.40. The van der Waals surface area contributed by atoms with E-state index in [0.29, 0.717) is 23.0 Å². The summed E-state index contributed by atoms with van der Waals surface area (Å²) in [5, 5.41) is 8.58. The molecule has 2 aromatic carbocycles. The van der Waals surface area contributed by atoms with Crippen LogP contribution in [0.1, 0.15) is 31.2 Å². The third kappa shape index (κ3) is 3.18. The highest BCUT2D eigenvalue weighted by atomic mass is 16.4. The smallest absolute Gasteiger partial charge is 0.347 e. The Bertz CT molecular complexity index is 1270. The van der Waals surface area contributed by atoms with Gasteiger partial charge in [-0.3, -0.25) is 9.48 Å². The third-order valence-corrected chi connectivity index (χ3v) is 6.27. The third-order valence-electron chi connectivity index (χ3n) is 6.27. The van der Waals surface area contributed by atoms with Crippen LogP contribution in [-0.2, 0) is 16.8 Å². The van der Waals surface area contributed by atoms with E-state index >= 15 is 0 Å². The minimum atomic E-state index is -0.440. The number of nitrogens with one attached hydrogen (secondary N) is 1. The molecule has 0 bridgehead atoms. The SMILES string of the molecule is O=C(Cn1ncc2c(=O)oc3ccccc3c21)NCC1(c2ccccc2)CCCC1. The van der Waals surface area contributed by atoms with Crippen LogP contribution < -0.4 is 10.9 Å². The second kappa shape index (κ2) is 7.44. The molecule has 0 unspecified atom stereocenters. The molecular weight excluding hydrogens is 378 g/mol. The molecule has 4 aromatic rings. The van der Waals surface area contributed by atoms with Gasteiger partial charge in [-0.15, -0.1) is 0 Å². The number of hydrogen-bond acceptors (Lipinski definition) is 4. The summed E-state index contributed by atoms with van der Waals surface area (Å²) in [6, 6.07) is 17.8. The number of benzene rings is 2. The normalized spacial score (nSPS) is 15.6. The topological polar surface area (TPSA) is 77.1 Å². The minimum absolute atomic E-state index is 0.00311. The number of hydrogen-bond donors (Lipinski definition) is 1. The number of amides is 1. The Hall–Kier alpha value is -3.41. The lowest BCUT2D eigenvalue weighted by Gasteiger charge is -2.30. The maximum absolute atomic E-state index is 12.8. The first kappa shape index (κ1) is 18.6. The standard InChI is InChI=1S/C24H23N3O3/c28-21(25-16-24(12-6-7-13-24)17-8-2-1-3-9-17)15-27-22-18-10-4-5-11-20(18)30-23(29)19(22)14-26-27/h1-5,8-11,14H,6-7,12-13,15-16H2,(H,25,28). The number of carbonyl (C=O) groups excluding carboxylic acids is 1. The molecule has 0 atom stereocenters. The fourth-order valence-corrected chi connectivity index (χ4v) is 4.72. The number of nitrogens with zero attached hydrogens (tertiary/aromatic N) is 2. The van der Waals surface area contributed by atoms with Crippen molar-refractivity contribution < 1.29 is 9.21 Å². The van der Waals surface area contributed by atoms with E-state index in [4.69, 9.17) is 4.42 Å². The Kier molecular flexibility index (Phi) is 4.62. The predicted octanol–water partition coefficient (Wildman–Crippen LogP) is 3.77. The van der Waals surface area contributed by atoms with Crippen LogP contribution in [0.25, 0.3) is 21.9 Å². The van der Waals surface area contributed by atoms with Crippen molar-refractivity contribution in [1.82, 2.24) is 15.1 Å². The fourth-order valence-electron chi connectivity index (χ4n) is 4.72. The number of para-hydroxylation sites is 1. The van der Waals surface area contributed by atoms with Crippen LogP contribution >= 0.6 is 0 Å². The first-order valence-electron chi connectivity index (χ1n) is 10.4. The first-order valence-corrected chi connectivity index (χ1v) is 10.4. The summed E-state index contributed by atoms with van der Waals surface area (Å²) in [7, 11) is 0. The van der Waals surface area contributed by atoms with E-state index in [0.717, 1.165) is 18.2 Å². The van der Waals surface area contributed by atoms with Crippen LogP contribution in [0, 0.1) is 0 Å². The molecule has 152 valence electrons. The molecule has 1 fully saturated rings. The molecule has 1 amide bonds. The fraction of sp³-hybridized carbons (Fsp3) is 0.292. The van der Waals surface area contributed by atoms with Gasteiger partial charge in [-0.25, -0.2) is 4.79 Å². The lowest BCUT2D eigenvalue weighted by molar-refractivity contribution is -0.122. The maximum Gasteiger partial charge on any atom is 0.347 e. The largest absolute Gasteiger partial charge is 0.422 e. The highest BCUT2D eigenvalue weighted by Crippen LogP contribution is 2.40. The van der Waals surface area contributed by atoms with Gasteiger partial charge in [0.1, 0.15) is 17.5 Å². The number of rotatable bonds is 5. The summed E-state index contributed by atoms with van der Waals surface area (Å²) in [5.74, 6) is -0.112. The number of aromatic nitrogens is 2. The average Bonchev–Trinajstić information content (AvgIpc) is 3.42. The van der Waals surface area contributed by atoms with E-state index in [9.17, 15) is 9.59 Å². The lowest BCUT2D eigenvalue weighted by Crippen LogP contribution is -2.40. The Labute approximate surface area is 173 Å². The predicted molar refractivity (Wildman–Crippen MR) is 115 cm³/mol. The monoisotopic (exact) mass is 401 g/mol.